The van der Waals surface area contributed by atoms with E-state index in [2.05, 4.69) is 5.32 Å². The van der Waals surface area contributed by atoms with Crippen molar-refractivity contribution < 1.29 is 18.9 Å². The average Bonchev–Trinajstić information content (AvgIpc) is 2.72. The van der Waals surface area contributed by atoms with Crippen LogP contribution in [0.3, 0.4) is 0 Å². The van der Waals surface area contributed by atoms with Crippen LogP contribution in [0.15, 0.2) is 74.3 Å². The van der Waals surface area contributed by atoms with Gasteiger partial charge < -0.3 is 14.5 Å². The lowest BCUT2D eigenvalue weighted by Gasteiger charge is -2.26. The summed E-state index contributed by atoms with van der Waals surface area (Å²) in [6, 6.07) is 11.7. The first-order valence-corrected chi connectivity index (χ1v) is 9.21. The molecule has 0 amide bonds. The van der Waals surface area contributed by atoms with Gasteiger partial charge in [0.1, 0.15) is 17.1 Å². The molecule has 2 heterocycles. The van der Waals surface area contributed by atoms with E-state index in [4.69, 9.17) is 9.15 Å². The number of fused-ring (bicyclic) bond motifs is 2. The Morgan fingerprint density at radius 1 is 1.10 bits per heavy atom. The molecular weight excluding hydrogens is 388 g/mol. The number of hydrogen-bond donors (Lipinski definition) is 1. The van der Waals surface area contributed by atoms with E-state index >= 15 is 0 Å². The van der Waals surface area contributed by atoms with Crippen LogP contribution in [0.4, 0.5) is 0 Å². The van der Waals surface area contributed by atoms with Crippen molar-refractivity contribution >= 4 is 27.9 Å². The molecule has 1 aliphatic rings. The minimum Gasteiger partial charge on any atom is -0.466 e. The number of methoxy groups -OCH3 is 1. The third-order valence-electron chi connectivity index (χ3n) is 5.27. The van der Waals surface area contributed by atoms with Crippen LogP contribution in [0.1, 0.15) is 25.3 Å². The maximum Gasteiger partial charge on any atom is 0.336 e. The molecule has 1 atom stereocenters. The molecule has 8 nitrogen and oxygen atoms in total. The van der Waals surface area contributed by atoms with Gasteiger partial charge in [0.05, 0.1) is 34.1 Å². The van der Waals surface area contributed by atoms with Crippen molar-refractivity contribution in [2.75, 3.05) is 7.11 Å². The van der Waals surface area contributed by atoms with Crippen LogP contribution in [-0.4, -0.2) is 18.0 Å². The molecule has 8 heteroatoms. The summed E-state index contributed by atoms with van der Waals surface area (Å²) in [5.74, 6) is -1.77. The van der Waals surface area contributed by atoms with Gasteiger partial charge in [-0.15, -0.1) is 0 Å². The van der Waals surface area contributed by atoms with Crippen LogP contribution in [0, 0.1) is 10.1 Å². The summed E-state index contributed by atoms with van der Waals surface area (Å²) in [6.45, 7) is 3.22. The highest BCUT2D eigenvalue weighted by molar-refractivity contribution is 5.96. The number of carbonyl (C=O) groups is 1. The second kappa shape index (κ2) is 7.14. The van der Waals surface area contributed by atoms with E-state index in [9.17, 15) is 19.7 Å². The standard InChI is InChI=1S/C22H18N2O6/c1-11-17(22(26)29-3)18(19(24(27)28)12(2)23-11)14-8-6-9-15-20(25)13-7-4-5-10-16(13)30-21(14)15/h4-10,18,23H,1-3H3. The molecule has 0 radical (unpaired) electrons. The molecule has 0 bridgehead atoms. The van der Waals surface area contributed by atoms with Gasteiger partial charge in [0.2, 0.25) is 5.43 Å². The van der Waals surface area contributed by atoms with Gasteiger partial charge in [-0.3, -0.25) is 14.9 Å². The zero-order chi connectivity index (χ0) is 21.6. The summed E-state index contributed by atoms with van der Waals surface area (Å²) in [5, 5.41) is 15.6. The molecule has 2 aromatic carbocycles. The van der Waals surface area contributed by atoms with E-state index in [1.807, 2.05) is 0 Å². The first kappa shape index (κ1) is 19.4. The molecule has 1 aliphatic heterocycles. The fourth-order valence-electron chi connectivity index (χ4n) is 3.98. The van der Waals surface area contributed by atoms with E-state index in [-0.39, 0.29) is 27.7 Å². The quantitative estimate of drug-likeness (QED) is 0.306. The first-order chi connectivity index (χ1) is 14.3. The fourth-order valence-corrected chi connectivity index (χ4v) is 3.98. The highest BCUT2D eigenvalue weighted by Gasteiger charge is 2.42. The van der Waals surface area contributed by atoms with Crippen LogP contribution < -0.4 is 10.7 Å². The Morgan fingerprint density at radius 3 is 2.50 bits per heavy atom. The van der Waals surface area contributed by atoms with Gasteiger partial charge in [0, 0.05) is 11.3 Å². The molecule has 1 unspecified atom stereocenters. The molecule has 3 aromatic rings. The van der Waals surface area contributed by atoms with E-state index in [0.29, 0.717) is 27.9 Å². The lowest BCUT2D eigenvalue weighted by atomic mass is 9.83. The van der Waals surface area contributed by atoms with Crippen LogP contribution in [0.25, 0.3) is 21.9 Å². The summed E-state index contributed by atoms with van der Waals surface area (Å²) < 4.78 is 10.9. The van der Waals surface area contributed by atoms with Gasteiger partial charge in [0.15, 0.2) is 0 Å². The van der Waals surface area contributed by atoms with E-state index in [0.717, 1.165) is 0 Å². The van der Waals surface area contributed by atoms with Crippen molar-refractivity contribution in [1.29, 1.82) is 0 Å². The van der Waals surface area contributed by atoms with Crippen LogP contribution in [0.5, 0.6) is 0 Å². The van der Waals surface area contributed by atoms with Crippen molar-refractivity contribution in [3.8, 4) is 0 Å². The number of ether oxygens (including phenoxy) is 1. The molecule has 0 aliphatic carbocycles. The average molecular weight is 406 g/mol. The van der Waals surface area contributed by atoms with Gasteiger partial charge in [-0.05, 0) is 32.0 Å². The Kier molecular flexibility index (Phi) is 4.62. The summed E-state index contributed by atoms with van der Waals surface area (Å²) in [6.07, 6.45) is 0. The highest BCUT2D eigenvalue weighted by Crippen LogP contribution is 2.41. The topological polar surface area (TPSA) is 112 Å². The maximum absolute atomic E-state index is 13.0. The fraction of sp³-hybridized carbons (Fsp3) is 0.182. The number of carbonyl (C=O) groups excluding carboxylic acids is 1. The first-order valence-electron chi connectivity index (χ1n) is 9.21. The SMILES string of the molecule is COC(=O)C1=C(C)NC(C)=C([N+](=O)[O-])C1c1cccc2c(=O)c3ccccc3oc12. The minimum absolute atomic E-state index is 0.0955. The van der Waals surface area contributed by atoms with Crippen molar-refractivity contribution in [3.05, 3.63) is 91.0 Å². The summed E-state index contributed by atoms with van der Waals surface area (Å²) in [4.78, 5) is 37.1. The Hall–Kier alpha value is -3.94. The third kappa shape index (κ3) is 2.85. The Labute approximate surface area is 170 Å². The van der Waals surface area contributed by atoms with Gasteiger partial charge >= 0.3 is 5.97 Å². The highest BCUT2D eigenvalue weighted by atomic mass is 16.6. The minimum atomic E-state index is -1.07. The Balaban J connectivity index is 2.12. The van der Waals surface area contributed by atoms with Gasteiger partial charge in [-0.2, -0.15) is 0 Å². The number of hydrogen-bond acceptors (Lipinski definition) is 7. The van der Waals surface area contributed by atoms with Gasteiger partial charge in [-0.25, -0.2) is 4.79 Å². The van der Waals surface area contributed by atoms with E-state index in [1.54, 1.807) is 56.3 Å². The van der Waals surface area contributed by atoms with Crippen molar-refractivity contribution in [1.82, 2.24) is 5.32 Å². The summed E-state index contributed by atoms with van der Waals surface area (Å²) in [5.41, 5.74) is 1.30. The number of para-hydroxylation sites is 2. The van der Waals surface area contributed by atoms with Crippen molar-refractivity contribution in [2.45, 2.75) is 19.8 Å². The number of allylic oxidation sites excluding steroid dienone is 3. The van der Waals surface area contributed by atoms with Crippen LogP contribution in [-0.2, 0) is 9.53 Å². The predicted molar refractivity (Wildman–Crippen MR) is 110 cm³/mol. The molecular formula is C22H18N2O6. The van der Waals surface area contributed by atoms with E-state index < -0.39 is 16.8 Å². The predicted octanol–water partition coefficient (Wildman–Crippen LogP) is 3.59. The molecule has 0 saturated carbocycles. The molecule has 152 valence electrons. The second-order valence-corrected chi connectivity index (χ2v) is 7.01. The lowest BCUT2D eigenvalue weighted by molar-refractivity contribution is -0.431. The zero-order valence-corrected chi connectivity index (χ0v) is 16.5. The number of nitrogens with one attached hydrogen (secondary N) is 1. The van der Waals surface area contributed by atoms with Crippen molar-refractivity contribution in [2.24, 2.45) is 0 Å². The van der Waals surface area contributed by atoms with Crippen LogP contribution >= 0.6 is 0 Å². The number of nitrogens with zero attached hydrogens (tertiary/aromatic N) is 1. The smallest absolute Gasteiger partial charge is 0.336 e. The summed E-state index contributed by atoms with van der Waals surface area (Å²) in [7, 11) is 1.22. The number of rotatable bonds is 3. The monoisotopic (exact) mass is 406 g/mol. The molecule has 0 saturated heterocycles. The molecule has 4 rings (SSSR count). The molecule has 0 spiro atoms. The summed E-state index contributed by atoms with van der Waals surface area (Å²) >= 11 is 0. The van der Waals surface area contributed by atoms with Gasteiger partial charge in [-0.1, -0.05) is 24.3 Å². The van der Waals surface area contributed by atoms with E-state index in [1.165, 1.54) is 7.11 Å². The molecule has 1 aromatic heterocycles. The third-order valence-corrected chi connectivity index (χ3v) is 5.27. The zero-order valence-electron chi connectivity index (χ0n) is 16.5. The number of nitro groups is 1. The van der Waals surface area contributed by atoms with Gasteiger partial charge in [0.25, 0.3) is 5.70 Å². The Morgan fingerprint density at radius 2 is 1.80 bits per heavy atom. The van der Waals surface area contributed by atoms with Crippen molar-refractivity contribution in [3.63, 3.8) is 0 Å². The van der Waals surface area contributed by atoms with Crippen LogP contribution in [0.2, 0.25) is 0 Å². The molecule has 1 N–H and O–H groups in total. The number of dihydropyridines is 1. The number of esters is 1. The Bertz CT molecular complexity index is 1350. The molecule has 30 heavy (non-hydrogen) atoms. The lowest BCUT2D eigenvalue weighted by Crippen LogP contribution is -2.31. The number of benzene rings is 2. The molecule has 0 fully saturated rings. The normalized spacial score (nSPS) is 16.7. The second-order valence-electron chi connectivity index (χ2n) is 7.01. The maximum atomic E-state index is 13.0. The largest absolute Gasteiger partial charge is 0.466 e.